The number of allylic oxidation sites excluding steroid dienone is 1. The maximum atomic E-state index is 12.3. The second-order valence-corrected chi connectivity index (χ2v) is 5.25. The Labute approximate surface area is 129 Å². The molecule has 0 radical (unpaired) electrons. The zero-order valence-corrected chi connectivity index (χ0v) is 12.6. The maximum Gasteiger partial charge on any atom is 0.197 e. The van der Waals surface area contributed by atoms with Crippen molar-refractivity contribution in [1.29, 1.82) is 0 Å². The third-order valence-electron chi connectivity index (χ3n) is 3.40. The molecule has 0 aliphatic heterocycles. The quantitative estimate of drug-likeness (QED) is 0.679. The van der Waals surface area contributed by atoms with Crippen molar-refractivity contribution in [2.75, 3.05) is 0 Å². The van der Waals surface area contributed by atoms with Crippen molar-refractivity contribution in [2.45, 2.75) is 19.4 Å². The molecule has 0 spiro atoms. The summed E-state index contributed by atoms with van der Waals surface area (Å²) < 4.78 is 0. The topological polar surface area (TPSA) is 54.4 Å². The molecule has 3 heteroatoms. The first-order valence-corrected chi connectivity index (χ1v) is 7.06. The molecule has 0 bridgehead atoms. The number of hydrogen-bond acceptors (Lipinski definition) is 3. The normalized spacial score (nSPS) is 13.8. The van der Waals surface area contributed by atoms with E-state index in [9.17, 15) is 14.7 Å². The van der Waals surface area contributed by atoms with Crippen LogP contribution in [0.15, 0.2) is 66.7 Å². The Kier molecular flexibility index (Phi) is 4.68. The second-order valence-electron chi connectivity index (χ2n) is 5.25. The van der Waals surface area contributed by atoms with Crippen LogP contribution in [0.5, 0.6) is 0 Å². The second kappa shape index (κ2) is 6.50. The lowest BCUT2D eigenvalue weighted by Gasteiger charge is -2.17. The molecule has 1 N–H and O–H groups in total. The Hall–Kier alpha value is -2.52. The molecule has 0 aromatic heterocycles. The Balaban J connectivity index is 2.24. The third-order valence-corrected chi connectivity index (χ3v) is 3.40. The van der Waals surface area contributed by atoms with E-state index in [4.69, 9.17) is 0 Å². The summed E-state index contributed by atoms with van der Waals surface area (Å²) in [5.41, 5.74) is -0.0664. The lowest BCUT2D eigenvalue weighted by molar-refractivity contribution is 0.0591. The highest BCUT2D eigenvalue weighted by Gasteiger charge is 2.27. The summed E-state index contributed by atoms with van der Waals surface area (Å²) in [5, 5.41) is 10.1. The lowest BCUT2D eigenvalue weighted by atomic mass is 9.93. The van der Waals surface area contributed by atoms with Gasteiger partial charge in [0.1, 0.15) is 5.60 Å². The lowest BCUT2D eigenvalue weighted by Crippen LogP contribution is -2.32. The molecule has 0 amide bonds. The van der Waals surface area contributed by atoms with Gasteiger partial charge >= 0.3 is 0 Å². The number of carbonyl (C=O) groups is 2. The van der Waals surface area contributed by atoms with E-state index >= 15 is 0 Å². The smallest absolute Gasteiger partial charge is 0.197 e. The maximum absolute atomic E-state index is 12.3. The van der Waals surface area contributed by atoms with Crippen molar-refractivity contribution in [2.24, 2.45) is 0 Å². The standard InChI is InChI=1S/C19H18O3/c1-3-13-19(2,22)18(21)16-11-9-15(10-12-16)17(20)14-7-5-4-6-8-14/h3-13,22H,1-2H3/b13-3+. The average molecular weight is 294 g/mol. The van der Waals surface area contributed by atoms with Gasteiger partial charge in [-0.15, -0.1) is 0 Å². The molecule has 0 fully saturated rings. The number of aliphatic hydroxyl groups is 1. The predicted octanol–water partition coefficient (Wildman–Crippen LogP) is 3.43. The largest absolute Gasteiger partial charge is 0.378 e. The van der Waals surface area contributed by atoms with Gasteiger partial charge < -0.3 is 5.11 Å². The fourth-order valence-electron chi connectivity index (χ4n) is 2.22. The summed E-state index contributed by atoms with van der Waals surface area (Å²) in [6.45, 7) is 3.18. The summed E-state index contributed by atoms with van der Waals surface area (Å²) in [7, 11) is 0. The molecule has 1 unspecified atom stereocenters. The van der Waals surface area contributed by atoms with Gasteiger partial charge in [-0.3, -0.25) is 9.59 Å². The van der Waals surface area contributed by atoms with E-state index in [0.717, 1.165) is 0 Å². The van der Waals surface area contributed by atoms with Crippen LogP contribution in [0.4, 0.5) is 0 Å². The molecular weight excluding hydrogens is 276 g/mol. The highest BCUT2D eigenvalue weighted by atomic mass is 16.3. The molecule has 112 valence electrons. The first-order valence-electron chi connectivity index (χ1n) is 7.06. The van der Waals surface area contributed by atoms with Crippen molar-refractivity contribution >= 4 is 11.6 Å². The highest BCUT2D eigenvalue weighted by molar-refractivity contribution is 6.10. The molecule has 0 aliphatic rings. The number of benzene rings is 2. The first-order chi connectivity index (χ1) is 10.5. The molecular formula is C19H18O3. The van der Waals surface area contributed by atoms with Crippen LogP contribution in [0, 0.1) is 0 Å². The van der Waals surface area contributed by atoms with Crippen molar-refractivity contribution in [3.05, 3.63) is 83.4 Å². The molecule has 0 aliphatic carbocycles. The van der Waals surface area contributed by atoms with Gasteiger partial charge in [0.25, 0.3) is 0 Å². The fraction of sp³-hybridized carbons (Fsp3) is 0.158. The Morgan fingerprint density at radius 2 is 1.41 bits per heavy atom. The van der Waals surface area contributed by atoms with Gasteiger partial charge in [0.2, 0.25) is 0 Å². The van der Waals surface area contributed by atoms with Gasteiger partial charge in [-0.05, 0) is 19.9 Å². The third kappa shape index (κ3) is 3.38. The SMILES string of the molecule is C/C=C/C(C)(O)C(=O)c1ccc(C(=O)c2ccccc2)cc1. The summed E-state index contributed by atoms with van der Waals surface area (Å²) in [6.07, 6.45) is 3.07. The van der Waals surface area contributed by atoms with E-state index in [1.54, 1.807) is 61.5 Å². The van der Waals surface area contributed by atoms with Crippen molar-refractivity contribution in [3.63, 3.8) is 0 Å². The van der Waals surface area contributed by atoms with E-state index in [-0.39, 0.29) is 5.78 Å². The Bertz CT molecular complexity index is 695. The van der Waals surface area contributed by atoms with Gasteiger partial charge in [-0.25, -0.2) is 0 Å². The minimum Gasteiger partial charge on any atom is -0.378 e. The molecule has 3 nitrogen and oxygen atoms in total. The van der Waals surface area contributed by atoms with E-state index in [2.05, 4.69) is 0 Å². The molecule has 22 heavy (non-hydrogen) atoms. The minimum absolute atomic E-state index is 0.0974. The van der Waals surface area contributed by atoms with Crippen LogP contribution in [-0.2, 0) is 0 Å². The predicted molar refractivity (Wildman–Crippen MR) is 86.1 cm³/mol. The van der Waals surface area contributed by atoms with Crippen LogP contribution in [0.2, 0.25) is 0 Å². The van der Waals surface area contributed by atoms with Crippen LogP contribution < -0.4 is 0 Å². The molecule has 0 saturated carbocycles. The summed E-state index contributed by atoms with van der Waals surface area (Å²) >= 11 is 0. The van der Waals surface area contributed by atoms with Crippen molar-refractivity contribution < 1.29 is 14.7 Å². The van der Waals surface area contributed by atoms with Crippen LogP contribution in [-0.4, -0.2) is 22.3 Å². The average Bonchev–Trinajstić information content (AvgIpc) is 2.54. The monoisotopic (exact) mass is 294 g/mol. The molecule has 0 saturated heterocycles. The van der Waals surface area contributed by atoms with E-state index in [0.29, 0.717) is 16.7 Å². The Morgan fingerprint density at radius 3 is 1.95 bits per heavy atom. The van der Waals surface area contributed by atoms with Crippen LogP contribution in [0.3, 0.4) is 0 Å². The van der Waals surface area contributed by atoms with E-state index in [1.807, 2.05) is 6.07 Å². The van der Waals surface area contributed by atoms with Gasteiger partial charge in [0, 0.05) is 16.7 Å². The highest BCUT2D eigenvalue weighted by Crippen LogP contribution is 2.17. The van der Waals surface area contributed by atoms with Gasteiger partial charge in [-0.2, -0.15) is 0 Å². The van der Waals surface area contributed by atoms with E-state index < -0.39 is 11.4 Å². The van der Waals surface area contributed by atoms with Gasteiger partial charge in [-0.1, -0.05) is 60.7 Å². The van der Waals surface area contributed by atoms with Crippen molar-refractivity contribution in [1.82, 2.24) is 0 Å². The zero-order valence-electron chi connectivity index (χ0n) is 12.6. The number of carbonyl (C=O) groups excluding carboxylic acids is 2. The number of rotatable bonds is 5. The zero-order chi connectivity index (χ0) is 16.2. The molecule has 2 aromatic rings. The number of Topliss-reactive ketones (excluding diaryl/α,β-unsaturated/α-hetero) is 1. The number of hydrogen-bond donors (Lipinski definition) is 1. The first kappa shape index (κ1) is 15.9. The summed E-state index contributed by atoms with van der Waals surface area (Å²) in [4.78, 5) is 24.5. The molecule has 2 rings (SSSR count). The van der Waals surface area contributed by atoms with Gasteiger partial charge in [0.15, 0.2) is 11.6 Å². The van der Waals surface area contributed by atoms with E-state index in [1.165, 1.54) is 13.0 Å². The number of ketones is 2. The summed E-state index contributed by atoms with van der Waals surface area (Å²) in [6, 6.07) is 15.3. The van der Waals surface area contributed by atoms with Crippen molar-refractivity contribution in [3.8, 4) is 0 Å². The molecule has 0 heterocycles. The van der Waals surface area contributed by atoms with Gasteiger partial charge in [0.05, 0.1) is 0 Å². The fourth-order valence-corrected chi connectivity index (χ4v) is 2.22. The van der Waals surface area contributed by atoms with Crippen LogP contribution >= 0.6 is 0 Å². The summed E-state index contributed by atoms with van der Waals surface area (Å²) in [5.74, 6) is -0.496. The Morgan fingerprint density at radius 1 is 0.909 bits per heavy atom. The molecule has 1 atom stereocenters. The van der Waals surface area contributed by atoms with Crippen LogP contribution in [0.25, 0.3) is 0 Å². The minimum atomic E-state index is -1.54. The molecule has 2 aromatic carbocycles. The van der Waals surface area contributed by atoms with Crippen LogP contribution in [0.1, 0.15) is 40.1 Å².